The molecule has 1 aromatic rings. The van der Waals surface area contributed by atoms with Gasteiger partial charge in [-0.2, -0.15) is 0 Å². The highest BCUT2D eigenvalue weighted by Crippen LogP contribution is 2.35. The van der Waals surface area contributed by atoms with E-state index in [2.05, 4.69) is 26.0 Å². The van der Waals surface area contributed by atoms with Crippen molar-refractivity contribution in [2.75, 3.05) is 0 Å². The molecule has 0 saturated carbocycles. The summed E-state index contributed by atoms with van der Waals surface area (Å²) < 4.78 is 0. The maximum absolute atomic E-state index is 9.98. The first-order chi connectivity index (χ1) is 6.20. The minimum atomic E-state index is 0.422. The van der Waals surface area contributed by atoms with Gasteiger partial charge in [0.15, 0.2) is 0 Å². The van der Waals surface area contributed by atoms with Crippen molar-refractivity contribution >= 4 is 0 Å². The second-order valence-electron chi connectivity index (χ2n) is 4.15. The van der Waals surface area contributed by atoms with Crippen LogP contribution in [-0.4, -0.2) is 5.11 Å². The normalized spacial score (nSPS) is 15.0. The van der Waals surface area contributed by atoms with Gasteiger partial charge in [0.2, 0.25) is 0 Å². The van der Waals surface area contributed by atoms with Gasteiger partial charge in [0.1, 0.15) is 5.75 Å². The summed E-state index contributed by atoms with van der Waals surface area (Å²) in [6.45, 7) is 4.24. The fourth-order valence-electron chi connectivity index (χ4n) is 2.13. The molecule has 0 heterocycles. The van der Waals surface area contributed by atoms with E-state index in [9.17, 15) is 5.11 Å². The Bertz CT molecular complexity index is 326. The third-order valence-electron chi connectivity index (χ3n) is 2.91. The molecule has 1 aliphatic carbocycles. The fraction of sp³-hybridized carbons (Fsp3) is 0.500. The van der Waals surface area contributed by atoms with E-state index in [4.69, 9.17) is 0 Å². The molecular weight excluding hydrogens is 160 g/mol. The summed E-state index contributed by atoms with van der Waals surface area (Å²) in [7, 11) is 0. The molecule has 0 fully saturated rings. The van der Waals surface area contributed by atoms with Gasteiger partial charge < -0.3 is 5.11 Å². The molecule has 1 heteroatoms. The van der Waals surface area contributed by atoms with Crippen molar-refractivity contribution in [1.82, 2.24) is 0 Å². The number of aryl methyl sites for hydroxylation is 1. The summed E-state index contributed by atoms with van der Waals surface area (Å²) in [5, 5.41) is 9.98. The molecule has 70 valence electrons. The Morgan fingerprint density at radius 3 is 2.69 bits per heavy atom. The highest BCUT2D eigenvalue weighted by Gasteiger charge is 2.18. The van der Waals surface area contributed by atoms with Gasteiger partial charge in [0.25, 0.3) is 0 Å². The van der Waals surface area contributed by atoms with Crippen LogP contribution in [0, 0.1) is 0 Å². The van der Waals surface area contributed by atoms with Gasteiger partial charge in [0.05, 0.1) is 0 Å². The van der Waals surface area contributed by atoms with E-state index in [0.717, 1.165) is 18.4 Å². The summed E-state index contributed by atoms with van der Waals surface area (Å²) in [6.07, 6.45) is 3.40. The number of rotatable bonds is 1. The third kappa shape index (κ3) is 1.32. The first-order valence-corrected chi connectivity index (χ1v) is 5.03. The van der Waals surface area contributed by atoms with Gasteiger partial charge in [-0.3, -0.25) is 0 Å². The highest BCUT2D eigenvalue weighted by atomic mass is 16.3. The number of phenols is 1. The predicted molar refractivity (Wildman–Crippen MR) is 54.2 cm³/mol. The Morgan fingerprint density at radius 2 is 2.00 bits per heavy atom. The van der Waals surface area contributed by atoms with Crippen molar-refractivity contribution in [2.24, 2.45) is 0 Å². The molecule has 13 heavy (non-hydrogen) atoms. The van der Waals surface area contributed by atoms with E-state index in [1.165, 1.54) is 17.5 Å². The number of aromatic hydroxyl groups is 1. The molecule has 0 aromatic heterocycles. The second-order valence-corrected chi connectivity index (χ2v) is 4.15. The smallest absolute Gasteiger partial charge is 0.122 e. The molecule has 0 bridgehead atoms. The number of benzene rings is 1. The summed E-state index contributed by atoms with van der Waals surface area (Å²) in [4.78, 5) is 0. The van der Waals surface area contributed by atoms with E-state index < -0.39 is 0 Å². The quantitative estimate of drug-likeness (QED) is 0.697. The molecule has 0 spiro atoms. The van der Waals surface area contributed by atoms with Crippen LogP contribution < -0.4 is 0 Å². The second kappa shape index (κ2) is 3.06. The van der Waals surface area contributed by atoms with Gasteiger partial charge in [-0.15, -0.1) is 0 Å². The van der Waals surface area contributed by atoms with Gasteiger partial charge >= 0.3 is 0 Å². The van der Waals surface area contributed by atoms with E-state index in [1.54, 1.807) is 0 Å². The van der Waals surface area contributed by atoms with Crippen LogP contribution in [-0.2, 0) is 12.8 Å². The number of hydrogen-bond donors (Lipinski definition) is 1. The summed E-state index contributed by atoms with van der Waals surface area (Å²) in [6, 6.07) is 4.25. The monoisotopic (exact) mass is 176 g/mol. The Morgan fingerprint density at radius 1 is 1.23 bits per heavy atom. The molecule has 1 N–H and O–H groups in total. The van der Waals surface area contributed by atoms with Crippen LogP contribution in [0.4, 0.5) is 0 Å². The van der Waals surface area contributed by atoms with E-state index in [0.29, 0.717) is 11.7 Å². The van der Waals surface area contributed by atoms with Crippen molar-refractivity contribution in [3.05, 3.63) is 28.8 Å². The molecule has 0 atom stereocenters. The highest BCUT2D eigenvalue weighted by molar-refractivity contribution is 5.48. The van der Waals surface area contributed by atoms with E-state index in [1.807, 2.05) is 0 Å². The van der Waals surface area contributed by atoms with Crippen LogP contribution in [0.3, 0.4) is 0 Å². The zero-order valence-corrected chi connectivity index (χ0v) is 8.30. The lowest BCUT2D eigenvalue weighted by atomic mass is 9.97. The number of phenolic OH excluding ortho intramolecular Hbond substituents is 1. The third-order valence-corrected chi connectivity index (χ3v) is 2.91. The Hall–Kier alpha value is -0.980. The molecule has 0 radical (unpaired) electrons. The largest absolute Gasteiger partial charge is 0.507 e. The number of fused-ring (bicyclic) bond motifs is 1. The van der Waals surface area contributed by atoms with Gasteiger partial charge in [0, 0.05) is 0 Å². The van der Waals surface area contributed by atoms with E-state index >= 15 is 0 Å². The zero-order chi connectivity index (χ0) is 9.42. The molecule has 0 unspecified atom stereocenters. The fourth-order valence-corrected chi connectivity index (χ4v) is 2.13. The topological polar surface area (TPSA) is 20.2 Å². The molecule has 0 amide bonds. The standard InChI is InChI=1S/C12H16O/c1-8(2)10-7-6-9-4-3-5-11(9)12(10)13/h6-8,13H,3-5H2,1-2H3. The van der Waals surface area contributed by atoms with Crippen LogP contribution >= 0.6 is 0 Å². The summed E-state index contributed by atoms with van der Waals surface area (Å²) in [5.74, 6) is 0.982. The first kappa shape index (κ1) is 8.61. The van der Waals surface area contributed by atoms with Gasteiger partial charge in [-0.25, -0.2) is 0 Å². The molecule has 0 aliphatic heterocycles. The predicted octanol–water partition coefficient (Wildman–Crippen LogP) is 3.00. The molecular formula is C12H16O. The SMILES string of the molecule is CC(C)c1ccc2c(c1O)CCC2. The lowest BCUT2D eigenvalue weighted by molar-refractivity contribution is 0.458. The van der Waals surface area contributed by atoms with Crippen LogP contribution in [0.15, 0.2) is 12.1 Å². The van der Waals surface area contributed by atoms with Crippen LogP contribution in [0.2, 0.25) is 0 Å². The van der Waals surface area contributed by atoms with Crippen molar-refractivity contribution in [1.29, 1.82) is 0 Å². The Kier molecular flexibility index (Phi) is 2.03. The summed E-state index contributed by atoms with van der Waals surface area (Å²) >= 11 is 0. The van der Waals surface area contributed by atoms with Crippen molar-refractivity contribution in [3.8, 4) is 5.75 Å². The average Bonchev–Trinajstić information content (AvgIpc) is 2.52. The molecule has 2 rings (SSSR count). The van der Waals surface area contributed by atoms with Crippen LogP contribution in [0.5, 0.6) is 5.75 Å². The van der Waals surface area contributed by atoms with Crippen molar-refractivity contribution in [3.63, 3.8) is 0 Å². The van der Waals surface area contributed by atoms with E-state index in [-0.39, 0.29) is 0 Å². The van der Waals surface area contributed by atoms with Gasteiger partial charge in [-0.1, -0.05) is 26.0 Å². The lowest BCUT2D eigenvalue weighted by Crippen LogP contribution is -1.92. The average molecular weight is 176 g/mol. The molecule has 1 aliphatic rings. The maximum Gasteiger partial charge on any atom is 0.122 e. The molecule has 1 aromatic carbocycles. The van der Waals surface area contributed by atoms with Crippen LogP contribution in [0.25, 0.3) is 0 Å². The first-order valence-electron chi connectivity index (χ1n) is 5.03. The van der Waals surface area contributed by atoms with Gasteiger partial charge in [-0.05, 0) is 41.9 Å². The van der Waals surface area contributed by atoms with Crippen molar-refractivity contribution in [2.45, 2.75) is 39.0 Å². The Labute approximate surface area is 79.4 Å². The lowest BCUT2D eigenvalue weighted by Gasteiger charge is -2.11. The summed E-state index contributed by atoms with van der Waals surface area (Å²) in [5.41, 5.74) is 3.65. The maximum atomic E-state index is 9.98. The zero-order valence-electron chi connectivity index (χ0n) is 8.30. The minimum Gasteiger partial charge on any atom is -0.507 e. The minimum absolute atomic E-state index is 0.422. The van der Waals surface area contributed by atoms with Crippen molar-refractivity contribution < 1.29 is 5.11 Å². The molecule has 0 saturated heterocycles. The molecule has 1 nitrogen and oxygen atoms in total. The van der Waals surface area contributed by atoms with Crippen LogP contribution in [0.1, 0.15) is 42.9 Å². The Balaban J connectivity index is 2.52. The number of hydrogen-bond acceptors (Lipinski definition) is 1.